The molecule has 3 aliphatic heterocycles. The highest BCUT2D eigenvalue weighted by molar-refractivity contribution is 5.39. The van der Waals surface area contributed by atoms with Crippen LogP contribution in [-0.2, 0) is 0 Å². The molecule has 1 unspecified atom stereocenters. The van der Waals surface area contributed by atoms with Crippen LogP contribution in [0.1, 0.15) is 51.4 Å². The Kier molecular flexibility index (Phi) is 7.80. The average Bonchev–Trinajstić information content (AvgIpc) is 3.38. The van der Waals surface area contributed by atoms with Gasteiger partial charge >= 0.3 is 0 Å². The van der Waals surface area contributed by atoms with E-state index in [0.717, 1.165) is 51.3 Å². The van der Waals surface area contributed by atoms with E-state index in [1.807, 2.05) is 0 Å². The van der Waals surface area contributed by atoms with Gasteiger partial charge in [-0.15, -0.1) is 0 Å². The summed E-state index contributed by atoms with van der Waals surface area (Å²) in [6.45, 7) is 8.75. The third kappa shape index (κ3) is 5.61. The van der Waals surface area contributed by atoms with E-state index in [4.69, 9.17) is 0 Å². The van der Waals surface area contributed by atoms with E-state index in [1.54, 1.807) is 0 Å². The fourth-order valence-corrected chi connectivity index (χ4v) is 4.74. The Balaban J connectivity index is 1.56. The van der Waals surface area contributed by atoms with Crippen molar-refractivity contribution in [3.8, 4) is 12.1 Å². The Morgan fingerprint density at radius 3 is 2.22 bits per heavy atom. The first-order chi connectivity index (χ1) is 13.3. The molecule has 148 valence electrons. The summed E-state index contributed by atoms with van der Waals surface area (Å²) in [7, 11) is 0. The van der Waals surface area contributed by atoms with Crippen LogP contribution in [0, 0.1) is 22.7 Å². The molecule has 3 fully saturated rings. The number of hydrogen-bond acceptors (Lipinski definition) is 6. The van der Waals surface area contributed by atoms with Crippen LogP contribution in [0.4, 0.5) is 0 Å². The van der Waals surface area contributed by atoms with Gasteiger partial charge in [0.2, 0.25) is 0 Å². The molecule has 0 bridgehead atoms. The highest BCUT2D eigenvalue weighted by Gasteiger charge is 2.30. The average molecular weight is 371 g/mol. The maximum Gasteiger partial charge on any atom is 0.169 e. The summed E-state index contributed by atoms with van der Waals surface area (Å²) in [6.07, 6.45) is 9.94. The van der Waals surface area contributed by atoms with Gasteiger partial charge in [-0.3, -0.25) is 0 Å². The van der Waals surface area contributed by atoms with Crippen LogP contribution in [0.25, 0.3) is 0 Å². The molecule has 1 atom stereocenters. The minimum Gasteiger partial charge on any atom is -0.370 e. The lowest BCUT2D eigenvalue weighted by Crippen LogP contribution is -2.43. The molecule has 1 N–H and O–H groups in total. The fraction of sp³-hybridized carbons (Fsp3) is 0.810. The monoisotopic (exact) mass is 370 g/mol. The van der Waals surface area contributed by atoms with Gasteiger partial charge < -0.3 is 20.0 Å². The van der Waals surface area contributed by atoms with Gasteiger partial charge in [-0.25, -0.2) is 0 Å². The summed E-state index contributed by atoms with van der Waals surface area (Å²) in [5.74, 6) is 0.778. The first kappa shape index (κ1) is 20.0. The molecule has 0 aliphatic carbocycles. The molecule has 3 saturated heterocycles. The van der Waals surface area contributed by atoms with Crippen molar-refractivity contribution < 1.29 is 0 Å². The topological polar surface area (TPSA) is 69.3 Å². The first-order valence-electron chi connectivity index (χ1n) is 10.8. The van der Waals surface area contributed by atoms with Gasteiger partial charge in [0.1, 0.15) is 18.0 Å². The molecule has 3 heterocycles. The van der Waals surface area contributed by atoms with Crippen molar-refractivity contribution in [1.29, 1.82) is 10.5 Å². The molecule has 0 aromatic carbocycles. The summed E-state index contributed by atoms with van der Waals surface area (Å²) >= 11 is 0. The van der Waals surface area contributed by atoms with Crippen LogP contribution in [0.3, 0.4) is 0 Å². The standard InChI is InChI=1S/C21H34N6/c22-16-19(17-23)21(24-9-7-14-25-10-2-1-3-11-25)27-15-6-8-20(27)18-26-12-4-5-13-26/h20,24H,1-15,18H2. The highest BCUT2D eigenvalue weighted by Crippen LogP contribution is 2.25. The summed E-state index contributed by atoms with van der Waals surface area (Å²) in [5.41, 5.74) is 0.237. The van der Waals surface area contributed by atoms with Gasteiger partial charge in [-0.05, 0) is 77.7 Å². The van der Waals surface area contributed by atoms with Gasteiger partial charge in [-0.2, -0.15) is 10.5 Å². The quantitative estimate of drug-likeness (QED) is 0.522. The second-order valence-electron chi connectivity index (χ2n) is 8.13. The van der Waals surface area contributed by atoms with E-state index in [-0.39, 0.29) is 5.57 Å². The summed E-state index contributed by atoms with van der Waals surface area (Å²) in [5, 5.41) is 22.4. The van der Waals surface area contributed by atoms with Crippen molar-refractivity contribution in [2.45, 2.75) is 57.4 Å². The third-order valence-electron chi connectivity index (χ3n) is 6.18. The Bertz CT molecular complexity index is 558. The lowest BCUT2D eigenvalue weighted by Gasteiger charge is -2.32. The van der Waals surface area contributed by atoms with Crippen LogP contribution < -0.4 is 5.32 Å². The molecule has 0 aromatic heterocycles. The van der Waals surface area contributed by atoms with E-state index >= 15 is 0 Å². The first-order valence-corrected chi connectivity index (χ1v) is 10.8. The molecule has 0 aromatic rings. The number of rotatable bonds is 8. The second-order valence-corrected chi connectivity index (χ2v) is 8.13. The molecule has 3 rings (SSSR count). The number of hydrogen-bond donors (Lipinski definition) is 1. The summed E-state index contributed by atoms with van der Waals surface area (Å²) in [6, 6.07) is 4.67. The van der Waals surface area contributed by atoms with Gasteiger partial charge in [0, 0.05) is 25.7 Å². The molecule has 0 amide bonds. The van der Waals surface area contributed by atoms with E-state index in [9.17, 15) is 10.5 Å². The van der Waals surface area contributed by atoms with Crippen LogP contribution in [0.2, 0.25) is 0 Å². The lowest BCUT2D eigenvalue weighted by atomic mass is 10.1. The number of likely N-dealkylation sites (tertiary alicyclic amines) is 3. The van der Waals surface area contributed by atoms with Crippen LogP contribution in [0.15, 0.2) is 11.4 Å². The molecule has 0 spiro atoms. The van der Waals surface area contributed by atoms with Gasteiger partial charge in [0.15, 0.2) is 5.57 Å². The van der Waals surface area contributed by atoms with Crippen molar-refractivity contribution in [3.05, 3.63) is 11.4 Å². The van der Waals surface area contributed by atoms with Crippen LogP contribution in [-0.4, -0.2) is 73.1 Å². The normalized spacial score (nSPS) is 23.8. The largest absolute Gasteiger partial charge is 0.370 e. The fourth-order valence-electron chi connectivity index (χ4n) is 4.74. The SMILES string of the molecule is N#CC(C#N)=C(NCCCN1CCCCC1)N1CCCC1CN1CCCC1. The smallest absolute Gasteiger partial charge is 0.169 e. The maximum absolute atomic E-state index is 9.47. The van der Waals surface area contributed by atoms with Gasteiger partial charge in [-0.1, -0.05) is 6.42 Å². The summed E-state index contributed by atoms with van der Waals surface area (Å²) in [4.78, 5) is 7.38. The number of piperidine rings is 1. The highest BCUT2D eigenvalue weighted by atomic mass is 15.3. The minimum atomic E-state index is 0.237. The molecular weight excluding hydrogens is 336 g/mol. The van der Waals surface area contributed by atoms with Crippen molar-refractivity contribution in [2.24, 2.45) is 0 Å². The van der Waals surface area contributed by atoms with E-state index in [2.05, 4.69) is 32.2 Å². The third-order valence-corrected chi connectivity index (χ3v) is 6.18. The van der Waals surface area contributed by atoms with Crippen molar-refractivity contribution in [1.82, 2.24) is 20.0 Å². The zero-order valence-electron chi connectivity index (χ0n) is 16.6. The van der Waals surface area contributed by atoms with E-state index in [1.165, 1.54) is 58.3 Å². The number of nitrogens with zero attached hydrogens (tertiary/aromatic N) is 5. The molecule has 27 heavy (non-hydrogen) atoms. The Labute approximate surface area is 164 Å². The lowest BCUT2D eigenvalue weighted by molar-refractivity contribution is 0.210. The Morgan fingerprint density at radius 2 is 1.52 bits per heavy atom. The van der Waals surface area contributed by atoms with Gasteiger partial charge in [0.05, 0.1) is 0 Å². The molecule has 6 heteroatoms. The number of allylic oxidation sites excluding steroid dienone is 1. The Hall–Kier alpha value is -1.76. The molecule has 0 saturated carbocycles. The zero-order valence-corrected chi connectivity index (χ0v) is 16.6. The van der Waals surface area contributed by atoms with E-state index < -0.39 is 0 Å². The van der Waals surface area contributed by atoms with Crippen molar-refractivity contribution >= 4 is 0 Å². The molecular formula is C21H34N6. The van der Waals surface area contributed by atoms with Crippen LogP contribution in [0.5, 0.6) is 0 Å². The second kappa shape index (κ2) is 10.5. The molecule has 6 nitrogen and oxygen atoms in total. The predicted molar refractivity (Wildman–Crippen MR) is 107 cm³/mol. The van der Waals surface area contributed by atoms with Crippen molar-refractivity contribution in [2.75, 3.05) is 52.4 Å². The zero-order chi connectivity index (χ0) is 18.9. The molecule has 0 radical (unpaired) electrons. The van der Waals surface area contributed by atoms with E-state index in [0.29, 0.717) is 6.04 Å². The maximum atomic E-state index is 9.47. The van der Waals surface area contributed by atoms with Crippen LogP contribution >= 0.6 is 0 Å². The number of nitriles is 2. The van der Waals surface area contributed by atoms with Crippen molar-refractivity contribution in [3.63, 3.8) is 0 Å². The summed E-state index contributed by atoms with van der Waals surface area (Å²) < 4.78 is 0. The minimum absolute atomic E-state index is 0.237. The predicted octanol–water partition coefficient (Wildman–Crippen LogP) is 2.27. The number of nitrogens with one attached hydrogen (secondary N) is 1. The molecule has 3 aliphatic rings. The Morgan fingerprint density at radius 1 is 0.852 bits per heavy atom. The van der Waals surface area contributed by atoms with Gasteiger partial charge in [0.25, 0.3) is 0 Å².